The highest BCUT2D eigenvalue weighted by atomic mass is 19.1. The van der Waals surface area contributed by atoms with E-state index in [1.807, 2.05) is 0 Å². The minimum absolute atomic E-state index is 0.0331. The fourth-order valence-electron chi connectivity index (χ4n) is 1.35. The lowest BCUT2D eigenvalue weighted by Crippen LogP contribution is -2.53. The van der Waals surface area contributed by atoms with Gasteiger partial charge in [-0.1, -0.05) is 5.16 Å². The van der Waals surface area contributed by atoms with Gasteiger partial charge in [-0.25, -0.2) is 4.39 Å². The van der Waals surface area contributed by atoms with Crippen LogP contribution in [-0.4, -0.2) is 29.6 Å². The van der Waals surface area contributed by atoms with Crippen molar-refractivity contribution in [3.63, 3.8) is 0 Å². The molecule has 0 radical (unpaired) electrons. The Morgan fingerprint density at radius 1 is 1.53 bits per heavy atom. The fourth-order valence-corrected chi connectivity index (χ4v) is 1.35. The molecule has 0 atom stereocenters. The van der Waals surface area contributed by atoms with Gasteiger partial charge in [0, 0.05) is 5.56 Å². The molecule has 1 amide bonds. The van der Waals surface area contributed by atoms with Gasteiger partial charge in [-0.15, -0.1) is 0 Å². The largest absolute Gasteiger partial charge is 0.494 e. The highest BCUT2D eigenvalue weighted by Crippen LogP contribution is 2.18. The lowest BCUT2D eigenvalue weighted by atomic mass is 10.0. The number of nitrogens with zero attached hydrogens (tertiary/aromatic N) is 1. The summed E-state index contributed by atoms with van der Waals surface area (Å²) >= 11 is 0. The molecule has 0 aliphatic heterocycles. The van der Waals surface area contributed by atoms with Crippen molar-refractivity contribution in [1.82, 2.24) is 5.32 Å². The molecule has 104 valence electrons. The third-order valence-electron chi connectivity index (χ3n) is 2.59. The predicted octanol–water partition coefficient (Wildman–Crippen LogP) is 1.09. The first kappa shape index (κ1) is 14.7. The van der Waals surface area contributed by atoms with Crippen LogP contribution in [0.3, 0.4) is 0 Å². The third-order valence-corrected chi connectivity index (χ3v) is 2.59. The zero-order valence-electron chi connectivity index (χ0n) is 10.9. The molecule has 4 N–H and O–H groups in total. The molecular formula is C12H16FN3O3. The van der Waals surface area contributed by atoms with E-state index in [9.17, 15) is 9.18 Å². The Bertz CT molecular complexity index is 515. The minimum Gasteiger partial charge on any atom is -0.494 e. The molecule has 1 aromatic carbocycles. The molecular weight excluding hydrogens is 253 g/mol. The molecule has 7 heteroatoms. The van der Waals surface area contributed by atoms with Crippen molar-refractivity contribution in [2.75, 3.05) is 7.11 Å². The zero-order valence-corrected chi connectivity index (χ0v) is 10.9. The minimum atomic E-state index is -1.03. The summed E-state index contributed by atoms with van der Waals surface area (Å²) in [5.74, 6) is -1.23. The number of rotatable bonds is 4. The summed E-state index contributed by atoms with van der Waals surface area (Å²) in [6, 6.07) is 3.72. The van der Waals surface area contributed by atoms with Crippen molar-refractivity contribution in [2.45, 2.75) is 19.4 Å². The molecule has 0 aromatic heterocycles. The Balaban J connectivity index is 2.96. The maximum absolute atomic E-state index is 13.2. The van der Waals surface area contributed by atoms with E-state index in [1.54, 1.807) is 13.8 Å². The molecule has 0 aliphatic rings. The van der Waals surface area contributed by atoms with Crippen LogP contribution >= 0.6 is 0 Å². The molecule has 0 aliphatic carbocycles. The predicted molar refractivity (Wildman–Crippen MR) is 67.9 cm³/mol. The standard InChI is InChI=1S/C12H16FN3O3/c1-12(2,11(14)16-18)15-10(17)7-4-5-8(13)9(6-7)19-3/h4-6,18H,1-3H3,(H2,14,16)(H,15,17). The number of halogens is 1. The van der Waals surface area contributed by atoms with Crippen molar-refractivity contribution in [3.05, 3.63) is 29.6 Å². The lowest BCUT2D eigenvalue weighted by Gasteiger charge is -2.24. The van der Waals surface area contributed by atoms with E-state index in [0.29, 0.717) is 0 Å². The van der Waals surface area contributed by atoms with Crippen LogP contribution in [0.25, 0.3) is 0 Å². The molecule has 1 aromatic rings. The third kappa shape index (κ3) is 3.34. The molecule has 0 heterocycles. The van der Waals surface area contributed by atoms with Crippen LogP contribution < -0.4 is 15.8 Å². The maximum Gasteiger partial charge on any atom is 0.252 e. The molecule has 0 unspecified atom stereocenters. The van der Waals surface area contributed by atoms with Crippen molar-refractivity contribution in [3.8, 4) is 5.75 Å². The summed E-state index contributed by atoms with van der Waals surface area (Å²) in [7, 11) is 1.31. The van der Waals surface area contributed by atoms with Gasteiger partial charge in [-0.05, 0) is 32.0 Å². The van der Waals surface area contributed by atoms with Crippen LogP contribution in [0.4, 0.5) is 4.39 Å². The Morgan fingerprint density at radius 2 is 2.16 bits per heavy atom. The second kappa shape index (κ2) is 5.55. The van der Waals surface area contributed by atoms with E-state index in [1.165, 1.54) is 19.2 Å². The van der Waals surface area contributed by atoms with Gasteiger partial charge in [-0.3, -0.25) is 4.79 Å². The SMILES string of the molecule is COc1cc(C(=O)NC(C)(C)/C(N)=N/O)ccc1F. The summed E-state index contributed by atoms with van der Waals surface area (Å²) in [4.78, 5) is 12.0. The van der Waals surface area contributed by atoms with Gasteiger partial charge in [0.05, 0.1) is 12.6 Å². The number of amidine groups is 1. The first-order valence-corrected chi connectivity index (χ1v) is 5.46. The van der Waals surface area contributed by atoms with Crippen LogP contribution in [0.2, 0.25) is 0 Å². The Morgan fingerprint density at radius 3 is 2.68 bits per heavy atom. The van der Waals surface area contributed by atoms with E-state index < -0.39 is 17.3 Å². The van der Waals surface area contributed by atoms with Gasteiger partial charge < -0.3 is 21.0 Å². The number of carbonyl (C=O) groups excluding carboxylic acids is 1. The summed E-state index contributed by atoms with van der Waals surface area (Å²) in [6.07, 6.45) is 0. The van der Waals surface area contributed by atoms with Crippen molar-refractivity contribution in [1.29, 1.82) is 0 Å². The number of oxime groups is 1. The molecule has 0 saturated heterocycles. The number of hydrogen-bond acceptors (Lipinski definition) is 4. The average molecular weight is 269 g/mol. The molecule has 19 heavy (non-hydrogen) atoms. The first-order valence-electron chi connectivity index (χ1n) is 5.46. The molecule has 0 saturated carbocycles. The summed E-state index contributed by atoms with van der Waals surface area (Å²) in [6.45, 7) is 3.14. The second-order valence-electron chi connectivity index (χ2n) is 4.41. The number of ether oxygens (including phenoxy) is 1. The normalized spacial score (nSPS) is 12.1. The molecule has 0 fully saturated rings. The van der Waals surface area contributed by atoms with E-state index in [-0.39, 0.29) is 17.1 Å². The van der Waals surface area contributed by atoms with Crippen molar-refractivity contribution in [2.24, 2.45) is 10.9 Å². The zero-order chi connectivity index (χ0) is 14.6. The number of carbonyl (C=O) groups is 1. The van der Waals surface area contributed by atoms with E-state index in [4.69, 9.17) is 15.7 Å². The summed E-state index contributed by atoms with van der Waals surface area (Å²) < 4.78 is 18.0. The van der Waals surface area contributed by atoms with Gasteiger partial charge in [0.15, 0.2) is 17.4 Å². The molecule has 0 spiro atoms. The quantitative estimate of drug-likeness (QED) is 0.330. The van der Waals surface area contributed by atoms with Gasteiger partial charge in [0.25, 0.3) is 5.91 Å². The monoisotopic (exact) mass is 269 g/mol. The Labute approximate surface area is 110 Å². The van der Waals surface area contributed by atoms with Crippen molar-refractivity contribution < 1.29 is 19.1 Å². The number of nitrogens with one attached hydrogen (secondary N) is 1. The molecule has 0 bridgehead atoms. The maximum atomic E-state index is 13.2. The van der Waals surface area contributed by atoms with Crippen molar-refractivity contribution >= 4 is 11.7 Å². The van der Waals surface area contributed by atoms with E-state index in [2.05, 4.69) is 10.5 Å². The van der Waals surface area contributed by atoms with Gasteiger partial charge in [0.1, 0.15) is 0 Å². The van der Waals surface area contributed by atoms with E-state index >= 15 is 0 Å². The van der Waals surface area contributed by atoms with Crippen LogP contribution in [0.5, 0.6) is 5.75 Å². The molecule has 1 rings (SSSR count). The van der Waals surface area contributed by atoms with Crippen LogP contribution in [0.15, 0.2) is 23.4 Å². The van der Waals surface area contributed by atoms with Gasteiger partial charge >= 0.3 is 0 Å². The van der Waals surface area contributed by atoms with Crippen LogP contribution in [-0.2, 0) is 0 Å². The van der Waals surface area contributed by atoms with Crippen LogP contribution in [0, 0.1) is 5.82 Å². The average Bonchev–Trinajstić information content (AvgIpc) is 2.37. The topological polar surface area (TPSA) is 96.9 Å². The highest BCUT2D eigenvalue weighted by molar-refractivity contribution is 6.00. The Hall–Kier alpha value is -2.31. The first-order chi connectivity index (χ1) is 8.81. The lowest BCUT2D eigenvalue weighted by molar-refractivity contribution is 0.0930. The smallest absolute Gasteiger partial charge is 0.252 e. The summed E-state index contributed by atoms with van der Waals surface area (Å²) in [5.41, 5.74) is 4.63. The number of amides is 1. The van der Waals surface area contributed by atoms with Gasteiger partial charge in [0.2, 0.25) is 0 Å². The Kier molecular flexibility index (Phi) is 4.31. The van der Waals surface area contributed by atoms with E-state index in [0.717, 1.165) is 6.07 Å². The number of methoxy groups -OCH3 is 1. The summed E-state index contributed by atoms with van der Waals surface area (Å²) in [5, 5.41) is 14.0. The number of benzene rings is 1. The van der Waals surface area contributed by atoms with Crippen LogP contribution in [0.1, 0.15) is 24.2 Å². The highest BCUT2D eigenvalue weighted by Gasteiger charge is 2.26. The second-order valence-corrected chi connectivity index (χ2v) is 4.41. The number of nitrogens with two attached hydrogens (primary N) is 1. The molecule has 6 nitrogen and oxygen atoms in total. The van der Waals surface area contributed by atoms with Gasteiger partial charge in [-0.2, -0.15) is 0 Å². The fraction of sp³-hybridized carbons (Fsp3) is 0.333. The number of hydrogen-bond donors (Lipinski definition) is 3.